The minimum Gasteiger partial charge on any atom is -0.387 e. The molecule has 0 spiro atoms. The Hall–Kier alpha value is -0.380. The second-order valence-electron chi connectivity index (χ2n) is 6.59. The molecule has 0 aromatic heterocycles. The lowest BCUT2D eigenvalue weighted by Gasteiger charge is -2.15. The molecule has 132 valence electrons. The van der Waals surface area contributed by atoms with E-state index in [4.69, 9.17) is 10.5 Å². The Kier molecular flexibility index (Phi) is 15.2. The second kappa shape index (κ2) is 15.5. The molecule has 0 radical (unpaired) electrons. The van der Waals surface area contributed by atoms with Crippen LogP contribution < -0.4 is 5.73 Å². The summed E-state index contributed by atoms with van der Waals surface area (Å²) in [5.41, 5.74) is 5.79. The molecule has 0 aliphatic rings. The van der Waals surface area contributed by atoms with E-state index in [2.05, 4.69) is 19.9 Å². The molecular weight excluding hydrogens is 274 g/mol. The molecule has 0 saturated carbocycles. The third-order valence-electron chi connectivity index (χ3n) is 4.20. The number of hydrogen-bond donors (Lipinski definition) is 2. The summed E-state index contributed by atoms with van der Waals surface area (Å²) in [5.74, 6) is 0.508. The van der Waals surface area contributed by atoms with Crippen molar-refractivity contribution in [1.82, 2.24) is 0 Å². The van der Waals surface area contributed by atoms with Gasteiger partial charge >= 0.3 is 0 Å². The Balaban J connectivity index is 3.51. The third-order valence-corrected chi connectivity index (χ3v) is 4.20. The van der Waals surface area contributed by atoms with Crippen LogP contribution in [0, 0.1) is 5.92 Å². The fraction of sp³-hybridized carbons (Fsp3) is 0.895. The summed E-state index contributed by atoms with van der Waals surface area (Å²) in [6, 6.07) is -0.332. The summed E-state index contributed by atoms with van der Waals surface area (Å²) in [5, 5.41) is 9.84. The average Bonchev–Trinajstić information content (AvgIpc) is 2.51. The fourth-order valence-corrected chi connectivity index (χ4v) is 2.61. The third kappa shape index (κ3) is 13.3. The standard InChI is InChI=1S/C19H39NO2/c1-4-5-6-7-8-9-10-11-12-13-17(2)14-15-19(21)18(20)16-22-3/h14-15,17-19,21H,4-13,16,20H2,1-3H3/b15-14+. The van der Waals surface area contributed by atoms with Crippen molar-refractivity contribution >= 4 is 0 Å². The lowest BCUT2D eigenvalue weighted by atomic mass is 10.00. The van der Waals surface area contributed by atoms with Crippen LogP contribution in [0.3, 0.4) is 0 Å². The van der Waals surface area contributed by atoms with Crippen LogP contribution in [-0.4, -0.2) is 31.0 Å². The predicted molar refractivity (Wildman–Crippen MR) is 96.0 cm³/mol. The summed E-state index contributed by atoms with van der Waals surface area (Å²) in [7, 11) is 1.60. The normalized spacial score (nSPS) is 16.0. The smallest absolute Gasteiger partial charge is 0.0894 e. The molecule has 0 aromatic carbocycles. The number of rotatable bonds is 15. The molecule has 3 nitrogen and oxygen atoms in total. The van der Waals surface area contributed by atoms with Gasteiger partial charge in [0.1, 0.15) is 0 Å². The van der Waals surface area contributed by atoms with Gasteiger partial charge in [-0.1, -0.05) is 83.8 Å². The maximum Gasteiger partial charge on any atom is 0.0894 e. The number of aliphatic hydroxyl groups excluding tert-OH is 1. The van der Waals surface area contributed by atoms with Crippen molar-refractivity contribution in [3.63, 3.8) is 0 Å². The van der Waals surface area contributed by atoms with Gasteiger partial charge in [0.25, 0.3) is 0 Å². The van der Waals surface area contributed by atoms with Crippen molar-refractivity contribution < 1.29 is 9.84 Å². The number of hydrogen-bond acceptors (Lipinski definition) is 3. The molecule has 3 heteroatoms. The zero-order chi connectivity index (χ0) is 16.6. The van der Waals surface area contributed by atoms with E-state index in [1.54, 1.807) is 7.11 Å². The van der Waals surface area contributed by atoms with E-state index in [0.29, 0.717) is 12.5 Å². The van der Waals surface area contributed by atoms with Crippen LogP contribution in [0.2, 0.25) is 0 Å². The summed E-state index contributed by atoms with van der Waals surface area (Å²) in [4.78, 5) is 0. The van der Waals surface area contributed by atoms with Crippen LogP contribution in [-0.2, 0) is 4.74 Å². The maximum absolute atomic E-state index is 9.84. The van der Waals surface area contributed by atoms with Gasteiger partial charge < -0.3 is 15.6 Å². The summed E-state index contributed by atoms with van der Waals surface area (Å²) in [6.07, 6.45) is 16.8. The van der Waals surface area contributed by atoms with E-state index >= 15 is 0 Å². The first-order chi connectivity index (χ1) is 10.6. The summed E-state index contributed by atoms with van der Waals surface area (Å²) >= 11 is 0. The Morgan fingerprint density at radius 2 is 1.50 bits per heavy atom. The van der Waals surface area contributed by atoms with Gasteiger partial charge in [-0.3, -0.25) is 0 Å². The van der Waals surface area contributed by atoms with E-state index in [1.807, 2.05) is 6.08 Å². The van der Waals surface area contributed by atoms with Gasteiger partial charge in [-0.25, -0.2) is 0 Å². The van der Waals surface area contributed by atoms with Gasteiger partial charge in [0.2, 0.25) is 0 Å². The highest BCUT2D eigenvalue weighted by Crippen LogP contribution is 2.14. The van der Waals surface area contributed by atoms with Crippen LogP contribution in [0.15, 0.2) is 12.2 Å². The van der Waals surface area contributed by atoms with Crippen molar-refractivity contribution in [2.24, 2.45) is 11.7 Å². The van der Waals surface area contributed by atoms with E-state index in [-0.39, 0.29) is 6.04 Å². The highest BCUT2D eigenvalue weighted by molar-refractivity contribution is 4.96. The second-order valence-corrected chi connectivity index (χ2v) is 6.59. The van der Waals surface area contributed by atoms with Crippen molar-refractivity contribution in [1.29, 1.82) is 0 Å². The lowest BCUT2D eigenvalue weighted by Crippen LogP contribution is -2.37. The van der Waals surface area contributed by atoms with Gasteiger partial charge in [0, 0.05) is 7.11 Å². The summed E-state index contributed by atoms with van der Waals surface area (Å²) in [6.45, 7) is 4.85. The molecule has 0 heterocycles. The molecule has 0 aromatic rings. The number of ether oxygens (including phenoxy) is 1. The van der Waals surface area contributed by atoms with E-state index < -0.39 is 6.10 Å². The minimum atomic E-state index is -0.606. The first kappa shape index (κ1) is 21.6. The summed E-state index contributed by atoms with van der Waals surface area (Å²) < 4.78 is 4.95. The molecule has 0 rings (SSSR count). The number of unbranched alkanes of at least 4 members (excludes halogenated alkanes) is 8. The van der Waals surface area contributed by atoms with E-state index in [9.17, 15) is 5.11 Å². The SMILES string of the molecule is CCCCCCCCCCCC(C)/C=C/C(O)C(N)COC. The van der Waals surface area contributed by atoms with Gasteiger partial charge in [0.15, 0.2) is 0 Å². The van der Waals surface area contributed by atoms with E-state index in [1.165, 1.54) is 64.2 Å². The van der Waals surface area contributed by atoms with Crippen LogP contribution in [0.5, 0.6) is 0 Å². The van der Waals surface area contributed by atoms with Crippen molar-refractivity contribution in [2.45, 2.75) is 90.2 Å². The van der Waals surface area contributed by atoms with Gasteiger partial charge in [-0.2, -0.15) is 0 Å². The van der Waals surface area contributed by atoms with Gasteiger partial charge in [-0.15, -0.1) is 0 Å². The molecule has 0 aliphatic heterocycles. The Bertz CT molecular complexity index is 256. The highest BCUT2D eigenvalue weighted by Gasteiger charge is 2.11. The Morgan fingerprint density at radius 1 is 0.955 bits per heavy atom. The zero-order valence-electron chi connectivity index (χ0n) is 15.1. The topological polar surface area (TPSA) is 55.5 Å². The molecule has 22 heavy (non-hydrogen) atoms. The molecular formula is C19H39NO2. The molecule has 0 bridgehead atoms. The molecule has 3 unspecified atom stereocenters. The van der Waals surface area contributed by atoms with Crippen LogP contribution in [0.4, 0.5) is 0 Å². The minimum absolute atomic E-state index is 0.332. The molecule has 0 fully saturated rings. The van der Waals surface area contributed by atoms with Crippen LogP contribution >= 0.6 is 0 Å². The predicted octanol–water partition coefficient (Wildman–Crippen LogP) is 4.43. The monoisotopic (exact) mass is 313 g/mol. The van der Waals surface area contributed by atoms with E-state index in [0.717, 1.165) is 0 Å². The van der Waals surface area contributed by atoms with Crippen LogP contribution in [0.1, 0.15) is 78.1 Å². The number of allylic oxidation sites excluding steroid dienone is 1. The van der Waals surface area contributed by atoms with Crippen molar-refractivity contribution in [2.75, 3.05) is 13.7 Å². The molecule has 0 saturated heterocycles. The largest absolute Gasteiger partial charge is 0.387 e. The Morgan fingerprint density at radius 3 is 2.05 bits per heavy atom. The first-order valence-corrected chi connectivity index (χ1v) is 9.22. The highest BCUT2D eigenvalue weighted by atomic mass is 16.5. The van der Waals surface area contributed by atoms with Gasteiger partial charge in [0.05, 0.1) is 18.8 Å². The number of aliphatic hydroxyl groups is 1. The fourth-order valence-electron chi connectivity index (χ4n) is 2.61. The zero-order valence-corrected chi connectivity index (χ0v) is 15.1. The van der Waals surface area contributed by atoms with Gasteiger partial charge in [-0.05, 0) is 12.3 Å². The Labute approximate surface area is 138 Å². The first-order valence-electron chi connectivity index (χ1n) is 9.22. The average molecular weight is 314 g/mol. The number of methoxy groups -OCH3 is 1. The maximum atomic E-state index is 9.84. The molecule has 3 atom stereocenters. The van der Waals surface area contributed by atoms with Crippen LogP contribution in [0.25, 0.3) is 0 Å². The number of nitrogens with two attached hydrogens (primary N) is 1. The van der Waals surface area contributed by atoms with Crippen molar-refractivity contribution in [3.8, 4) is 0 Å². The lowest BCUT2D eigenvalue weighted by molar-refractivity contribution is 0.113. The molecule has 0 aliphatic carbocycles. The molecule has 0 amide bonds. The van der Waals surface area contributed by atoms with Crippen molar-refractivity contribution in [3.05, 3.63) is 12.2 Å². The molecule has 3 N–H and O–H groups in total. The quantitative estimate of drug-likeness (QED) is 0.347.